The fraction of sp³-hybridized carbons (Fsp3) is 0.583. The van der Waals surface area contributed by atoms with Gasteiger partial charge in [-0.25, -0.2) is 9.97 Å². The Labute approximate surface area is 125 Å². The average Bonchev–Trinajstić information content (AvgIpc) is 3.01. The lowest BCUT2D eigenvalue weighted by atomic mass is 10.1. The summed E-state index contributed by atoms with van der Waals surface area (Å²) in [7, 11) is 0. The molecule has 1 unspecified atom stereocenters. The van der Waals surface area contributed by atoms with Gasteiger partial charge in [0.15, 0.2) is 5.65 Å². The van der Waals surface area contributed by atoms with Crippen LogP contribution in [0.1, 0.15) is 12.5 Å². The van der Waals surface area contributed by atoms with Crippen LogP contribution in [0.2, 0.25) is 0 Å². The summed E-state index contributed by atoms with van der Waals surface area (Å²) in [6, 6.07) is -0.397. The average molecular weight is 311 g/mol. The molecule has 0 bridgehead atoms. The quantitative estimate of drug-likeness (QED) is 0.437. The molecule has 1 aliphatic carbocycles. The molecule has 0 amide bonds. The van der Waals surface area contributed by atoms with Gasteiger partial charge in [-0.3, -0.25) is 0 Å². The van der Waals surface area contributed by atoms with Gasteiger partial charge < -0.3 is 25.6 Å². The Hall–Kier alpha value is -1.42. The molecule has 1 saturated carbocycles. The molecule has 8 nitrogen and oxygen atoms in total. The molecule has 9 heteroatoms. The molecule has 4 atom stereocenters. The molecular weight excluding hydrogens is 294 g/mol. The minimum Gasteiger partial charge on any atom is -0.396 e. The van der Waals surface area contributed by atoms with E-state index in [2.05, 4.69) is 15.0 Å². The van der Waals surface area contributed by atoms with E-state index in [1.807, 2.05) is 6.26 Å². The van der Waals surface area contributed by atoms with Crippen LogP contribution in [0.3, 0.4) is 0 Å². The zero-order valence-corrected chi connectivity index (χ0v) is 12.2. The van der Waals surface area contributed by atoms with Gasteiger partial charge in [0.1, 0.15) is 16.6 Å². The van der Waals surface area contributed by atoms with Crippen LogP contribution < -0.4 is 5.73 Å². The fourth-order valence-corrected chi connectivity index (χ4v) is 3.37. The van der Waals surface area contributed by atoms with E-state index in [-0.39, 0.29) is 18.5 Å². The summed E-state index contributed by atoms with van der Waals surface area (Å²) < 4.78 is 1.70. The van der Waals surface area contributed by atoms with Crippen molar-refractivity contribution in [2.75, 3.05) is 18.6 Å². The number of anilines is 1. The number of aliphatic hydroxyl groups excluding tert-OH is 3. The maximum absolute atomic E-state index is 10.2. The number of fused-ring (bicyclic) bond motifs is 1. The van der Waals surface area contributed by atoms with Crippen LogP contribution in [0.25, 0.3) is 11.2 Å². The molecule has 0 radical (unpaired) electrons. The highest BCUT2D eigenvalue weighted by Crippen LogP contribution is 2.37. The SMILES string of the molecule is CSc1nc(N)nc2c1ncn2[C@@H]1C[C@H](CO)C(O)[C@H]1O. The summed E-state index contributed by atoms with van der Waals surface area (Å²) in [5.74, 6) is -0.220. The lowest BCUT2D eigenvalue weighted by Gasteiger charge is -2.18. The minimum absolute atomic E-state index is 0.139. The van der Waals surface area contributed by atoms with Crippen molar-refractivity contribution in [3.05, 3.63) is 6.33 Å². The second-order valence-electron chi connectivity index (χ2n) is 5.14. The zero-order valence-electron chi connectivity index (χ0n) is 11.4. The first-order valence-electron chi connectivity index (χ1n) is 6.57. The van der Waals surface area contributed by atoms with E-state index < -0.39 is 18.2 Å². The third kappa shape index (κ3) is 2.26. The van der Waals surface area contributed by atoms with E-state index in [1.165, 1.54) is 11.8 Å². The first-order valence-corrected chi connectivity index (χ1v) is 7.80. The van der Waals surface area contributed by atoms with Crippen LogP contribution in [0.5, 0.6) is 0 Å². The molecule has 0 spiro atoms. The van der Waals surface area contributed by atoms with Gasteiger partial charge in [0.25, 0.3) is 0 Å². The Balaban J connectivity index is 2.07. The molecule has 5 N–H and O–H groups in total. The highest BCUT2D eigenvalue weighted by atomic mass is 32.2. The van der Waals surface area contributed by atoms with Gasteiger partial charge >= 0.3 is 0 Å². The van der Waals surface area contributed by atoms with Gasteiger partial charge in [-0.15, -0.1) is 11.8 Å². The molecule has 0 aromatic carbocycles. The van der Waals surface area contributed by atoms with Gasteiger partial charge in [-0.2, -0.15) is 4.98 Å². The van der Waals surface area contributed by atoms with Crippen molar-refractivity contribution < 1.29 is 15.3 Å². The van der Waals surface area contributed by atoms with Crippen molar-refractivity contribution in [3.8, 4) is 0 Å². The van der Waals surface area contributed by atoms with Crippen LogP contribution >= 0.6 is 11.8 Å². The lowest BCUT2D eigenvalue weighted by Crippen LogP contribution is -2.30. The molecule has 2 heterocycles. The Morgan fingerprint density at radius 1 is 1.38 bits per heavy atom. The molecule has 2 aromatic rings. The third-order valence-electron chi connectivity index (χ3n) is 3.96. The molecule has 0 aliphatic heterocycles. The summed E-state index contributed by atoms with van der Waals surface area (Å²) in [4.78, 5) is 12.6. The number of aliphatic hydroxyl groups is 3. The Bertz CT molecular complexity index is 664. The van der Waals surface area contributed by atoms with Gasteiger partial charge in [0.05, 0.1) is 18.5 Å². The van der Waals surface area contributed by atoms with Crippen LogP contribution in [-0.4, -0.2) is 59.9 Å². The molecule has 114 valence electrons. The molecule has 21 heavy (non-hydrogen) atoms. The summed E-state index contributed by atoms with van der Waals surface area (Å²) in [6.45, 7) is -0.172. The van der Waals surface area contributed by atoms with E-state index in [0.29, 0.717) is 22.6 Å². The van der Waals surface area contributed by atoms with Crippen molar-refractivity contribution in [1.29, 1.82) is 0 Å². The monoisotopic (exact) mass is 311 g/mol. The van der Waals surface area contributed by atoms with Gasteiger partial charge in [0.2, 0.25) is 5.95 Å². The molecule has 1 aliphatic rings. The standard InChI is InChI=1S/C12H17N5O3S/c1-21-11-7-10(15-12(13)16-11)17(4-14-7)6-2-5(3-18)8(19)9(6)20/h4-6,8-9,18-20H,2-3H2,1H3,(H2,13,15,16)/t5-,6-,8?,9+/m1/s1. The normalized spacial score (nSPS) is 29.3. The van der Waals surface area contributed by atoms with Crippen molar-refractivity contribution in [1.82, 2.24) is 19.5 Å². The van der Waals surface area contributed by atoms with Crippen LogP contribution in [0.4, 0.5) is 5.95 Å². The van der Waals surface area contributed by atoms with E-state index >= 15 is 0 Å². The van der Waals surface area contributed by atoms with E-state index in [1.54, 1.807) is 10.9 Å². The second kappa shape index (κ2) is 5.41. The number of nitrogens with zero attached hydrogens (tertiary/aromatic N) is 4. The second-order valence-corrected chi connectivity index (χ2v) is 5.94. The largest absolute Gasteiger partial charge is 0.396 e. The van der Waals surface area contributed by atoms with Gasteiger partial charge in [0, 0.05) is 12.5 Å². The molecule has 3 rings (SSSR count). The fourth-order valence-electron chi connectivity index (χ4n) is 2.85. The molecular formula is C12H17N5O3S. The minimum atomic E-state index is -0.978. The molecule has 0 saturated heterocycles. The maximum atomic E-state index is 10.2. The summed E-state index contributed by atoms with van der Waals surface area (Å²) in [5.41, 5.74) is 6.86. The van der Waals surface area contributed by atoms with Gasteiger partial charge in [-0.05, 0) is 12.7 Å². The van der Waals surface area contributed by atoms with Crippen LogP contribution in [0.15, 0.2) is 11.4 Å². The van der Waals surface area contributed by atoms with Crippen molar-refractivity contribution in [2.45, 2.75) is 29.7 Å². The van der Waals surface area contributed by atoms with E-state index in [4.69, 9.17) is 5.73 Å². The summed E-state index contributed by atoms with van der Waals surface area (Å²) in [6.07, 6.45) is 1.95. The highest BCUT2D eigenvalue weighted by Gasteiger charge is 2.42. The Morgan fingerprint density at radius 3 is 2.76 bits per heavy atom. The first kappa shape index (κ1) is 14.5. The zero-order chi connectivity index (χ0) is 15.1. The number of aromatic nitrogens is 4. The number of nitrogens with two attached hydrogens (primary N) is 1. The van der Waals surface area contributed by atoms with Gasteiger partial charge in [-0.1, -0.05) is 0 Å². The number of nitrogen functional groups attached to an aromatic ring is 1. The number of imidazole rings is 1. The Kier molecular flexibility index (Phi) is 3.74. The van der Waals surface area contributed by atoms with Crippen molar-refractivity contribution in [3.63, 3.8) is 0 Å². The predicted octanol–water partition coefficient (Wildman–Crippen LogP) is -0.595. The molecule has 2 aromatic heterocycles. The van der Waals surface area contributed by atoms with E-state index in [0.717, 1.165) is 0 Å². The number of rotatable bonds is 3. The Morgan fingerprint density at radius 2 is 2.14 bits per heavy atom. The third-order valence-corrected chi connectivity index (χ3v) is 4.63. The van der Waals surface area contributed by atoms with Crippen LogP contribution in [-0.2, 0) is 0 Å². The number of hydrogen-bond donors (Lipinski definition) is 4. The van der Waals surface area contributed by atoms with Crippen LogP contribution in [0, 0.1) is 5.92 Å². The summed E-state index contributed by atoms with van der Waals surface area (Å²) in [5, 5.41) is 30.1. The van der Waals surface area contributed by atoms with Crippen molar-refractivity contribution >= 4 is 28.9 Å². The maximum Gasteiger partial charge on any atom is 0.223 e. The molecule has 1 fully saturated rings. The van der Waals surface area contributed by atoms with E-state index in [9.17, 15) is 15.3 Å². The number of hydrogen-bond acceptors (Lipinski definition) is 8. The predicted molar refractivity (Wildman–Crippen MR) is 77.8 cm³/mol. The smallest absolute Gasteiger partial charge is 0.223 e. The topological polar surface area (TPSA) is 130 Å². The summed E-state index contributed by atoms with van der Waals surface area (Å²) >= 11 is 1.42. The number of thioether (sulfide) groups is 1. The van der Waals surface area contributed by atoms with Crippen molar-refractivity contribution in [2.24, 2.45) is 5.92 Å². The first-order chi connectivity index (χ1) is 10.1. The lowest BCUT2D eigenvalue weighted by molar-refractivity contribution is -0.00370. The highest BCUT2D eigenvalue weighted by molar-refractivity contribution is 7.98.